The van der Waals surface area contributed by atoms with E-state index in [9.17, 15) is 14.7 Å². The van der Waals surface area contributed by atoms with Crippen molar-refractivity contribution < 1.29 is 28.9 Å². The van der Waals surface area contributed by atoms with E-state index in [1.54, 1.807) is 0 Å². The normalized spacial score (nSPS) is 21.1. The Morgan fingerprint density at radius 3 is 2.78 bits per heavy atom. The molecule has 1 aromatic rings. The van der Waals surface area contributed by atoms with Crippen molar-refractivity contribution >= 4 is 23.2 Å². The van der Waals surface area contributed by atoms with Gasteiger partial charge in [0.15, 0.2) is 17.3 Å². The van der Waals surface area contributed by atoms with Gasteiger partial charge in [0.2, 0.25) is 11.4 Å². The lowest BCUT2D eigenvalue weighted by atomic mass is 9.83. The van der Waals surface area contributed by atoms with Crippen LogP contribution in [-0.2, 0) is 9.53 Å². The smallest absolute Gasteiger partial charge is 0.228 e. The molecule has 0 bridgehead atoms. The van der Waals surface area contributed by atoms with Gasteiger partial charge in [0.05, 0.1) is 13.7 Å². The highest BCUT2D eigenvalue weighted by Crippen LogP contribution is 2.52. The van der Waals surface area contributed by atoms with Crippen molar-refractivity contribution in [3.05, 3.63) is 28.5 Å². The number of phenols is 1. The van der Waals surface area contributed by atoms with E-state index in [2.05, 4.69) is 6.92 Å². The summed E-state index contributed by atoms with van der Waals surface area (Å²) in [6, 6.07) is 1.28. The van der Waals surface area contributed by atoms with Crippen LogP contribution in [0.1, 0.15) is 55.8 Å². The number of ether oxygens (including phenoxy) is 3. The Kier molecular flexibility index (Phi) is 5.65. The molecule has 0 amide bonds. The first-order valence-electron chi connectivity index (χ1n) is 9.15. The molecule has 1 heterocycles. The lowest BCUT2D eigenvalue weighted by Gasteiger charge is -2.32. The molecule has 0 aromatic heterocycles. The molecular formula is C20H23ClO6. The Balaban J connectivity index is 1.92. The van der Waals surface area contributed by atoms with E-state index in [0.717, 1.165) is 25.7 Å². The number of carbonyl (C=O) groups excluding carboxylic acids is 2. The van der Waals surface area contributed by atoms with E-state index in [-0.39, 0.29) is 52.2 Å². The summed E-state index contributed by atoms with van der Waals surface area (Å²) in [7, 11) is 1.41. The number of benzene rings is 1. The Hall–Kier alpha value is -2.21. The second-order valence-corrected chi connectivity index (χ2v) is 7.14. The molecule has 0 saturated carbocycles. The Labute approximate surface area is 163 Å². The van der Waals surface area contributed by atoms with Crippen LogP contribution in [0.25, 0.3) is 0 Å². The van der Waals surface area contributed by atoms with Crippen LogP contribution < -0.4 is 9.47 Å². The number of allylic oxidation sites excluding steroid dienone is 1. The summed E-state index contributed by atoms with van der Waals surface area (Å²) in [5, 5.41) is 10.4. The van der Waals surface area contributed by atoms with Gasteiger partial charge in [0, 0.05) is 25.0 Å². The predicted octanol–water partition coefficient (Wildman–Crippen LogP) is 4.21. The zero-order valence-corrected chi connectivity index (χ0v) is 16.2. The minimum absolute atomic E-state index is 0.00404. The minimum atomic E-state index is -1.46. The van der Waals surface area contributed by atoms with Crippen LogP contribution in [0.15, 0.2) is 17.9 Å². The third-order valence-corrected chi connectivity index (χ3v) is 5.28. The molecule has 0 radical (unpaired) electrons. The first-order chi connectivity index (χ1) is 12.9. The van der Waals surface area contributed by atoms with E-state index in [0.29, 0.717) is 6.61 Å². The van der Waals surface area contributed by atoms with Crippen molar-refractivity contribution in [1.29, 1.82) is 0 Å². The predicted molar refractivity (Wildman–Crippen MR) is 99.8 cm³/mol. The third kappa shape index (κ3) is 3.38. The van der Waals surface area contributed by atoms with E-state index in [1.807, 2.05) is 0 Å². The van der Waals surface area contributed by atoms with Gasteiger partial charge in [-0.1, -0.05) is 37.8 Å². The fourth-order valence-corrected chi connectivity index (χ4v) is 3.70. The first-order valence-corrected chi connectivity index (χ1v) is 9.53. The number of hydrogen-bond acceptors (Lipinski definition) is 6. The molecule has 1 spiro atoms. The zero-order valence-electron chi connectivity index (χ0n) is 15.5. The molecular weight excluding hydrogens is 372 g/mol. The van der Waals surface area contributed by atoms with Gasteiger partial charge in [-0.05, 0) is 6.42 Å². The van der Waals surface area contributed by atoms with E-state index >= 15 is 0 Å². The van der Waals surface area contributed by atoms with E-state index < -0.39 is 11.4 Å². The molecule has 6 nitrogen and oxygen atoms in total. The van der Waals surface area contributed by atoms with Crippen molar-refractivity contribution in [3.8, 4) is 17.2 Å². The Morgan fingerprint density at radius 2 is 2.07 bits per heavy atom. The lowest BCUT2D eigenvalue weighted by molar-refractivity contribution is -0.116. The number of unbranched alkanes of at least 4 members (excludes halogenated alkanes) is 3. The molecule has 1 aromatic carbocycles. The minimum Gasteiger partial charge on any atom is -0.507 e. The number of ketones is 2. The number of carbonyl (C=O) groups is 2. The van der Waals surface area contributed by atoms with Gasteiger partial charge in [-0.25, -0.2) is 0 Å². The average Bonchev–Trinajstić information content (AvgIpc) is 2.95. The van der Waals surface area contributed by atoms with Crippen LogP contribution in [0.3, 0.4) is 0 Å². The molecule has 1 aliphatic carbocycles. The summed E-state index contributed by atoms with van der Waals surface area (Å²) in [6.45, 7) is 2.50. The zero-order chi connectivity index (χ0) is 19.6. The second-order valence-electron chi connectivity index (χ2n) is 6.76. The van der Waals surface area contributed by atoms with Crippen molar-refractivity contribution in [3.63, 3.8) is 0 Å². The summed E-state index contributed by atoms with van der Waals surface area (Å²) in [4.78, 5) is 25.1. The summed E-state index contributed by atoms with van der Waals surface area (Å²) in [5.74, 6) is -0.390. The number of aromatic hydroxyl groups is 1. The van der Waals surface area contributed by atoms with E-state index in [1.165, 1.54) is 19.3 Å². The monoisotopic (exact) mass is 394 g/mol. The van der Waals surface area contributed by atoms with Gasteiger partial charge in [-0.15, -0.1) is 0 Å². The summed E-state index contributed by atoms with van der Waals surface area (Å²) < 4.78 is 16.9. The maximum absolute atomic E-state index is 13.2. The molecule has 7 heteroatoms. The van der Waals surface area contributed by atoms with Crippen LogP contribution in [0.5, 0.6) is 17.2 Å². The summed E-state index contributed by atoms with van der Waals surface area (Å²) in [5.41, 5.74) is -1.47. The van der Waals surface area contributed by atoms with Gasteiger partial charge in [-0.3, -0.25) is 9.59 Å². The first kappa shape index (κ1) is 19.5. The number of Topliss-reactive ketones (excluding diaryl/α,β-unsaturated/α-hetero) is 1. The van der Waals surface area contributed by atoms with Gasteiger partial charge in [0.25, 0.3) is 0 Å². The molecule has 27 heavy (non-hydrogen) atoms. The summed E-state index contributed by atoms with van der Waals surface area (Å²) >= 11 is 6.29. The SMILES string of the molecule is CCCCCCOC1=CC(=O)CC[C@]12Oc1c(Cl)c(OC)cc(O)c1C2=O. The standard InChI is InChI=1S/C20H23ClO6/c1-3-4-5-6-9-26-15-10-12(22)7-8-20(15)19(24)16-13(23)11-14(25-2)17(21)18(16)27-20/h10-11,23H,3-9H2,1-2H3/t20-/m0/s1. The van der Waals surface area contributed by atoms with Crippen LogP contribution in [0, 0.1) is 0 Å². The number of halogens is 1. The van der Waals surface area contributed by atoms with Crippen molar-refractivity contribution in [2.24, 2.45) is 0 Å². The fraction of sp³-hybridized carbons (Fsp3) is 0.500. The molecule has 3 rings (SSSR count). The highest BCUT2D eigenvalue weighted by molar-refractivity contribution is 6.35. The van der Waals surface area contributed by atoms with E-state index in [4.69, 9.17) is 25.8 Å². The number of hydrogen-bond donors (Lipinski definition) is 1. The number of fused-ring (bicyclic) bond motifs is 1. The van der Waals surface area contributed by atoms with Crippen LogP contribution in [-0.4, -0.2) is 36.0 Å². The van der Waals surface area contributed by atoms with Crippen molar-refractivity contribution in [1.82, 2.24) is 0 Å². The van der Waals surface area contributed by atoms with Crippen molar-refractivity contribution in [2.75, 3.05) is 13.7 Å². The fourth-order valence-electron chi connectivity index (χ4n) is 3.44. The molecule has 2 aliphatic rings. The molecule has 1 N–H and O–H groups in total. The van der Waals surface area contributed by atoms with Gasteiger partial charge in [-0.2, -0.15) is 0 Å². The Bertz CT molecular complexity index is 800. The van der Waals surface area contributed by atoms with Gasteiger partial charge < -0.3 is 19.3 Å². The molecule has 1 aliphatic heterocycles. The Morgan fingerprint density at radius 1 is 1.30 bits per heavy atom. The molecule has 0 unspecified atom stereocenters. The lowest BCUT2D eigenvalue weighted by Crippen LogP contribution is -2.46. The highest BCUT2D eigenvalue weighted by atomic mass is 35.5. The maximum Gasteiger partial charge on any atom is 0.228 e. The topological polar surface area (TPSA) is 82.1 Å². The third-order valence-electron chi connectivity index (χ3n) is 4.93. The van der Waals surface area contributed by atoms with Crippen LogP contribution in [0.4, 0.5) is 0 Å². The largest absolute Gasteiger partial charge is 0.507 e. The van der Waals surface area contributed by atoms with Gasteiger partial charge in [0.1, 0.15) is 22.1 Å². The second kappa shape index (κ2) is 7.80. The molecule has 1 atom stereocenters. The quantitative estimate of drug-likeness (QED) is 0.697. The van der Waals surface area contributed by atoms with Crippen LogP contribution in [0.2, 0.25) is 5.02 Å². The molecule has 0 saturated heterocycles. The molecule has 146 valence electrons. The highest BCUT2D eigenvalue weighted by Gasteiger charge is 2.56. The van der Waals surface area contributed by atoms with Crippen LogP contribution >= 0.6 is 11.6 Å². The summed E-state index contributed by atoms with van der Waals surface area (Å²) in [6.07, 6.45) is 5.63. The number of phenolic OH excluding ortho intramolecular Hbond substituents is 1. The number of rotatable bonds is 7. The van der Waals surface area contributed by atoms with Gasteiger partial charge >= 0.3 is 0 Å². The molecule has 0 fully saturated rings. The average molecular weight is 395 g/mol. The number of methoxy groups -OCH3 is 1. The van der Waals surface area contributed by atoms with Crippen molar-refractivity contribution in [2.45, 2.75) is 51.0 Å². The maximum atomic E-state index is 13.2.